The second kappa shape index (κ2) is 11.2. The third kappa shape index (κ3) is 6.37. The molecule has 1 saturated heterocycles. The van der Waals surface area contributed by atoms with Gasteiger partial charge in [0.15, 0.2) is 14.9 Å². The Balaban J connectivity index is 1.49. The van der Waals surface area contributed by atoms with E-state index in [2.05, 4.69) is 16.0 Å². The molecule has 8 nitrogen and oxygen atoms in total. The highest BCUT2D eigenvalue weighted by molar-refractivity contribution is 7.90. The molecule has 0 aliphatic carbocycles. The zero-order valence-corrected chi connectivity index (χ0v) is 23.3. The molecule has 0 atom stereocenters. The van der Waals surface area contributed by atoms with Crippen LogP contribution in [0.2, 0.25) is 5.02 Å². The number of ether oxygens (including phenoxy) is 1. The highest BCUT2D eigenvalue weighted by Crippen LogP contribution is 2.39. The van der Waals surface area contributed by atoms with Gasteiger partial charge in [0.2, 0.25) is 0 Å². The molecular weight excluding hydrogens is 579 g/mol. The molecule has 2 heterocycles. The van der Waals surface area contributed by atoms with E-state index in [9.17, 15) is 26.9 Å². The van der Waals surface area contributed by atoms with Crippen molar-refractivity contribution in [3.05, 3.63) is 71.4 Å². The summed E-state index contributed by atoms with van der Waals surface area (Å²) >= 11 is 6.55. The van der Waals surface area contributed by atoms with Crippen molar-refractivity contribution in [2.75, 3.05) is 48.9 Å². The smallest absolute Gasteiger partial charge is 0.378 e. The van der Waals surface area contributed by atoms with E-state index in [4.69, 9.17) is 16.3 Å². The monoisotopic (exact) mass is 601 g/mol. The summed E-state index contributed by atoms with van der Waals surface area (Å²) in [6.45, 7) is 0.655. The average molecular weight is 602 g/mol. The van der Waals surface area contributed by atoms with E-state index in [0.717, 1.165) is 16.7 Å². The number of morpholine rings is 1. The third-order valence-electron chi connectivity index (χ3n) is 6.56. The van der Waals surface area contributed by atoms with E-state index in [1.165, 1.54) is 18.3 Å². The maximum Gasteiger partial charge on any atom is 0.406 e. The number of halogens is 4. The van der Waals surface area contributed by atoms with Gasteiger partial charge in [0.25, 0.3) is 0 Å². The number of rotatable bonds is 6. The molecule has 212 valence electrons. The van der Waals surface area contributed by atoms with Gasteiger partial charge in [-0.05, 0) is 47.5 Å². The summed E-state index contributed by atoms with van der Waals surface area (Å²) in [5.41, 5.74) is 3.33. The van der Waals surface area contributed by atoms with E-state index in [1.54, 1.807) is 42.5 Å². The van der Waals surface area contributed by atoms with Crippen LogP contribution >= 0.6 is 11.6 Å². The first-order valence-corrected chi connectivity index (χ1v) is 14.7. The fourth-order valence-corrected chi connectivity index (χ4v) is 5.47. The first-order valence-electron chi connectivity index (χ1n) is 12.4. The Kier molecular flexibility index (Phi) is 7.78. The lowest BCUT2D eigenvalue weighted by atomic mass is 10.0. The number of nitriles is 1. The van der Waals surface area contributed by atoms with Crippen LogP contribution in [0.15, 0.2) is 65.8 Å². The predicted molar refractivity (Wildman–Crippen MR) is 150 cm³/mol. The second-order valence-corrected chi connectivity index (χ2v) is 11.8. The molecule has 0 radical (unpaired) electrons. The number of alkyl halides is 3. The molecule has 0 bridgehead atoms. The number of hydrogen-bond donors (Lipinski definition) is 0. The summed E-state index contributed by atoms with van der Waals surface area (Å²) < 4.78 is 70.1. The molecule has 1 aliphatic rings. The molecule has 1 fully saturated rings. The number of hydrogen-bond acceptors (Lipinski definition) is 8. The molecule has 0 amide bonds. The van der Waals surface area contributed by atoms with Crippen LogP contribution in [0, 0.1) is 11.3 Å². The topological polar surface area (TPSA) is 99.4 Å². The quantitative estimate of drug-likeness (QED) is 0.275. The van der Waals surface area contributed by atoms with Gasteiger partial charge in [-0.1, -0.05) is 29.8 Å². The number of fused-ring (bicyclic) bond motifs is 1. The highest BCUT2D eigenvalue weighted by Gasteiger charge is 2.32. The maximum absolute atomic E-state index is 13.7. The van der Waals surface area contributed by atoms with E-state index in [1.807, 2.05) is 4.90 Å². The molecule has 0 unspecified atom stereocenters. The number of sulfone groups is 1. The summed E-state index contributed by atoms with van der Waals surface area (Å²) in [5, 5.41) is 9.88. The lowest BCUT2D eigenvalue weighted by Crippen LogP contribution is -2.37. The Bertz CT molecular complexity index is 1750. The molecule has 4 aromatic rings. The normalized spacial score (nSPS) is 14.2. The molecule has 0 saturated carbocycles. The van der Waals surface area contributed by atoms with Gasteiger partial charge in [-0.25, -0.2) is 13.4 Å². The maximum atomic E-state index is 13.7. The third-order valence-corrected chi connectivity index (χ3v) is 7.80. The fraction of sp³-hybridized carbons (Fsp3) is 0.250. The van der Waals surface area contributed by atoms with Gasteiger partial charge in [0.1, 0.15) is 12.6 Å². The van der Waals surface area contributed by atoms with Crippen molar-refractivity contribution in [3.63, 3.8) is 0 Å². The van der Waals surface area contributed by atoms with Crippen molar-refractivity contribution in [2.24, 2.45) is 0 Å². The Labute approximate surface area is 239 Å². The van der Waals surface area contributed by atoms with Crippen LogP contribution < -0.4 is 9.80 Å². The minimum Gasteiger partial charge on any atom is -0.378 e. The molecule has 5 rings (SSSR count). The van der Waals surface area contributed by atoms with Crippen LogP contribution in [-0.2, 0) is 14.6 Å². The van der Waals surface area contributed by atoms with Crippen molar-refractivity contribution in [1.82, 2.24) is 9.97 Å². The van der Waals surface area contributed by atoms with Crippen molar-refractivity contribution in [3.8, 4) is 17.2 Å². The predicted octanol–water partition coefficient (Wildman–Crippen LogP) is 5.76. The first-order chi connectivity index (χ1) is 19.4. The summed E-state index contributed by atoms with van der Waals surface area (Å²) in [6.07, 6.45) is -2.30. The van der Waals surface area contributed by atoms with Crippen LogP contribution in [0.5, 0.6) is 0 Å². The summed E-state index contributed by atoms with van der Waals surface area (Å²) in [4.78, 5) is 11.3. The zero-order chi connectivity index (χ0) is 29.4. The van der Waals surface area contributed by atoms with Gasteiger partial charge in [-0.3, -0.25) is 4.98 Å². The van der Waals surface area contributed by atoms with E-state index < -0.39 is 22.6 Å². The fourth-order valence-electron chi connectivity index (χ4n) is 4.63. The summed E-state index contributed by atoms with van der Waals surface area (Å²) in [7, 11) is -3.51. The molecule has 13 heteroatoms. The molecule has 1 aliphatic heterocycles. The van der Waals surface area contributed by atoms with Crippen molar-refractivity contribution in [2.45, 2.75) is 11.2 Å². The lowest BCUT2D eigenvalue weighted by Gasteiger charge is -2.32. The Hall–Kier alpha value is -3.92. The highest BCUT2D eigenvalue weighted by atomic mass is 35.5. The SMILES string of the molecule is CS(=O)(=O)c1cnc2cc(-c3ccc(N(CC(F)(F)F)c4cc(Cl)c(N5CCOCC5)c(C#N)c4)cc3)ccc2n1. The first kappa shape index (κ1) is 28.6. The van der Waals surface area contributed by atoms with E-state index in [-0.39, 0.29) is 27.0 Å². The Morgan fingerprint density at radius 1 is 1.02 bits per heavy atom. The van der Waals surface area contributed by atoms with Crippen LogP contribution in [-0.4, -0.2) is 63.7 Å². The lowest BCUT2D eigenvalue weighted by molar-refractivity contribution is -0.118. The van der Waals surface area contributed by atoms with Gasteiger partial charge in [-0.15, -0.1) is 0 Å². The number of aromatic nitrogens is 2. The Morgan fingerprint density at radius 2 is 1.71 bits per heavy atom. The number of benzene rings is 3. The van der Waals surface area contributed by atoms with E-state index in [0.29, 0.717) is 48.6 Å². The van der Waals surface area contributed by atoms with Gasteiger partial charge < -0.3 is 14.5 Å². The van der Waals surface area contributed by atoms with Crippen molar-refractivity contribution >= 4 is 49.5 Å². The summed E-state index contributed by atoms with van der Waals surface area (Å²) in [6, 6.07) is 16.5. The molecule has 0 spiro atoms. The van der Waals surface area contributed by atoms with Crippen LogP contribution in [0.1, 0.15) is 5.56 Å². The minimum absolute atomic E-state index is 0.135. The van der Waals surface area contributed by atoms with Crippen molar-refractivity contribution in [1.29, 1.82) is 5.26 Å². The number of anilines is 3. The Morgan fingerprint density at radius 3 is 2.34 bits per heavy atom. The molecule has 0 N–H and O–H groups in total. The number of nitrogens with zero attached hydrogens (tertiary/aromatic N) is 5. The van der Waals surface area contributed by atoms with Gasteiger partial charge in [-0.2, -0.15) is 18.4 Å². The van der Waals surface area contributed by atoms with Crippen molar-refractivity contribution < 1.29 is 26.3 Å². The van der Waals surface area contributed by atoms with E-state index >= 15 is 0 Å². The summed E-state index contributed by atoms with van der Waals surface area (Å²) in [5.74, 6) is 0. The van der Waals surface area contributed by atoms with Crippen LogP contribution in [0.4, 0.5) is 30.2 Å². The second-order valence-electron chi connectivity index (χ2n) is 9.47. The van der Waals surface area contributed by atoms with Crippen LogP contribution in [0.3, 0.4) is 0 Å². The minimum atomic E-state index is -4.54. The largest absolute Gasteiger partial charge is 0.406 e. The standard InChI is InChI=1S/C28H23ClF3N5O3S/c1-41(38,39)26-16-34-25-13-19(4-7-24(25)35-26)18-2-5-21(6-3-18)37(17-28(30,31)32)22-12-20(15-33)27(23(29)14-22)36-8-10-40-11-9-36/h2-7,12-14,16H,8-11,17H2,1H3. The molecule has 1 aromatic heterocycles. The zero-order valence-electron chi connectivity index (χ0n) is 21.7. The van der Waals surface area contributed by atoms with Gasteiger partial charge >= 0.3 is 6.18 Å². The molecule has 3 aromatic carbocycles. The van der Waals surface area contributed by atoms with Gasteiger partial charge in [0, 0.05) is 30.7 Å². The van der Waals surface area contributed by atoms with Gasteiger partial charge in [0.05, 0.1) is 46.7 Å². The average Bonchev–Trinajstić information content (AvgIpc) is 2.94. The molecular formula is C28H23ClF3N5O3S. The molecule has 41 heavy (non-hydrogen) atoms. The van der Waals surface area contributed by atoms with Crippen LogP contribution in [0.25, 0.3) is 22.2 Å².